The predicted molar refractivity (Wildman–Crippen MR) is 362 cm³/mol. The van der Waals surface area contributed by atoms with E-state index in [0.29, 0.717) is 84.2 Å². The van der Waals surface area contributed by atoms with Crippen molar-refractivity contribution in [3.8, 4) is 45.5 Å². The van der Waals surface area contributed by atoms with Gasteiger partial charge in [0, 0.05) is 98.0 Å². The molecule has 508 valence electrons. The zero-order valence-electron chi connectivity index (χ0n) is 54.2. The first kappa shape index (κ1) is 68.1. The van der Waals surface area contributed by atoms with E-state index in [9.17, 15) is 45.6 Å². The lowest BCUT2D eigenvalue weighted by molar-refractivity contribution is -0.130. The molecule has 2 aromatic heterocycles. The summed E-state index contributed by atoms with van der Waals surface area (Å²) in [6.45, 7) is 1.10. The molecule has 0 spiro atoms. The summed E-state index contributed by atoms with van der Waals surface area (Å²) in [6, 6.07) is 31.0. The number of hydrogen-bond donors (Lipinski definition) is 6. The molecule has 6 aromatic rings. The van der Waals surface area contributed by atoms with Crippen LogP contribution in [0.2, 0.25) is 0 Å². The fourth-order valence-electron chi connectivity index (χ4n) is 11.9. The highest BCUT2D eigenvalue weighted by Crippen LogP contribution is 2.47. The molecule has 2 aliphatic heterocycles. The summed E-state index contributed by atoms with van der Waals surface area (Å²) < 4.78 is 78.5. The summed E-state index contributed by atoms with van der Waals surface area (Å²) in [7, 11) is -1.16. The maximum Gasteiger partial charge on any atom is 0.317 e. The van der Waals surface area contributed by atoms with Gasteiger partial charge in [-0.15, -0.1) is 0 Å². The summed E-state index contributed by atoms with van der Waals surface area (Å²) in [4.78, 5) is 93.8. The number of hydrogen-bond acceptors (Lipinski definition) is 16. The number of urea groups is 2. The Kier molecular flexibility index (Phi) is 20.8. The molecular formula is C70H82N10O14S2. The number of methoxy groups -OCH3 is 2. The molecule has 6 N–H and O–H groups in total. The number of sulfonamides is 2. The van der Waals surface area contributed by atoms with Crippen LogP contribution in [0.25, 0.3) is 44.3 Å². The quantitative estimate of drug-likeness (QED) is 0.0447. The molecule has 4 saturated carbocycles. The number of aromatic nitrogens is 2. The van der Waals surface area contributed by atoms with Crippen molar-refractivity contribution in [2.45, 2.75) is 124 Å². The van der Waals surface area contributed by atoms with Gasteiger partial charge in [-0.2, -0.15) is 0 Å². The number of nitrogens with one attached hydrogen (secondary N) is 6. The fourth-order valence-corrected chi connectivity index (χ4v) is 14.6. The Balaban J connectivity index is 0.000000195. The summed E-state index contributed by atoms with van der Waals surface area (Å²) in [5, 5.41) is 11.6. The van der Waals surface area contributed by atoms with Crippen LogP contribution in [0.4, 0.5) is 9.59 Å². The Bertz CT molecular complexity index is 3930. The molecule has 0 saturated heterocycles. The minimum absolute atomic E-state index is 0.0417. The Morgan fingerprint density at radius 3 is 1.32 bits per heavy atom. The molecule has 0 bridgehead atoms. The van der Waals surface area contributed by atoms with E-state index in [2.05, 4.69) is 30.7 Å². The van der Waals surface area contributed by atoms with Crippen LogP contribution in [0.3, 0.4) is 0 Å². The highest BCUT2D eigenvalue weighted by Gasteiger charge is 2.63. The van der Waals surface area contributed by atoms with Gasteiger partial charge in [-0.25, -0.2) is 36.4 Å². The van der Waals surface area contributed by atoms with Crippen LogP contribution in [-0.4, -0.2) is 161 Å². The first-order valence-corrected chi connectivity index (χ1v) is 35.7. The Morgan fingerprint density at radius 1 is 0.552 bits per heavy atom. The third-order valence-electron chi connectivity index (χ3n) is 18.2. The molecule has 4 aromatic carbocycles. The highest BCUT2D eigenvalue weighted by molar-refractivity contribution is 7.91. The summed E-state index contributed by atoms with van der Waals surface area (Å²) >= 11 is 0. The third-order valence-corrected chi connectivity index (χ3v) is 21.9. The van der Waals surface area contributed by atoms with Crippen LogP contribution in [0.1, 0.15) is 89.9 Å². The second-order valence-corrected chi connectivity index (χ2v) is 29.3. The molecule has 4 heterocycles. The van der Waals surface area contributed by atoms with Crippen molar-refractivity contribution in [2.75, 3.05) is 54.6 Å². The molecule has 96 heavy (non-hydrogen) atoms. The second kappa shape index (κ2) is 29.4. The van der Waals surface area contributed by atoms with Crippen molar-refractivity contribution in [2.24, 2.45) is 11.8 Å². The first-order valence-electron chi connectivity index (χ1n) is 32.7. The van der Waals surface area contributed by atoms with Gasteiger partial charge in [0.05, 0.1) is 60.4 Å². The minimum Gasteiger partial charge on any atom is -0.497 e. The van der Waals surface area contributed by atoms with E-state index in [1.807, 2.05) is 133 Å². The van der Waals surface area contributed by atoms with Crippen molar-refractivity contribution in [1.29, 1.82) is 0 Å². The third kappa shape index (κ3) is 16.3. The highest BCUT2D eigenvalue weighted by atomic mass is 32.2. The SMILES string of the molecule is COc1ccc2c(OCC[C@@H]3NC(=O)N(C)CCCC/C=C\[C@@H]4C[C@@]4(C(=O)NS(=O)(=O)C4CC4)NC3=O)cc(-c3ccccc3)nc2c1.COc1ccc2c(OCC[C@@H]3NC(=O)N(C)CCCC/C=C\[C@@H]4C[C@@]4(C(=O)NS(=O)(=O)C4CC4)NC3=O)cc(-c3ccccc3)nc2c1. The van der Waals surface area contributed by atoms with E-state index in [0.717, 1.165) is 60.4 Å². The van der Waals surface area contributed by atoms with Gasteiger partial charge in [-0.1, -0.05) is 85.0 Å². The topological polar surface area (TPSA) is 312 Å². The van der Waals surface area contributed by atoms with Gasteiger partial charge in [0.1, 0.15) is 46.2 Å². The van der Waals surface area contributed by atoms with Gasteiger partial charge in [0.25, 0.3) is 11.8 Å². The normalized spacial score (nSPS) is 24.0. The van der Waals surface area contributed by atoms with Crippen LogP contribution < -0.4 is 49.7 Å². The van der Waals surface area contributed by atoms with E-state index in [-0.39, 0.29) is 50.7 Å². The lowest BCUT2D eigenvalue weighted by Gasteiger charge is -2.26. The number of rotatable bonds is 18. The van der Waals surface area contributed by atoms with Crippen LogP contribution >= 0.6 is 0 Å². The Hall–Kier alpha value is -9.30. The Labute approximate surface area is 558 Å². The molecule has 4 fully saturated rings. The molecule has 4 aliphatic carbocycles. The predicted octanol–water partition coefficient (Wildman–Crippen LogP) is 7.83. The number of amides is 8. The number of nitrogens with zero attached hydrogens (tertiary/aromatic N) is 4. The number of benzene rings is 4. The van der Waals surface area contributed by atoms with E-state index in [1.54, 1.807) is 28.3 Å². The standard InChI is InChI=1S/2C35H41N5O7S/c2*1-40-18-9-4-3-8-12-24-22-35(24,33(42)39-48(44,45)26-14-15-26)38-32(41)28(37-34(40)43)17-19-47-31-21-29(23-10-6-5-7-11-23)36-30-20-25(46-2)13-16-27(30)31/h2*5-8,10-13,16,20-21,24,26,28H,3-4,9,14-15,17-19,22H2,1-2H3,(H,37,43)(H,38,41)(H,39,42)/b2*12-8-/t2*24-,28+,35-/m11/s1. The molecule has 0 radical (unpaired) electrons. The number of carbonyl (C=O) groups is 6. The number of ether oxygens (including phenoxy) is 4. The monoisotopic (exact) mass is 1350 g/mol. The van der Waals surface area contributed by atoms with Gasteiger partial charge in [-0.3, -0.25) is 28.6 Å². The van der Waals surface area contributed by atoms with Crippen molar-refractivity contribution >= 4 is 77.5 Å². The molecule has 0 unspecified atom stereocenters. The van der Waals surface area contributed by atoms with Gasteiger partial charge in [0.15, 0.2) is 0 Å². The van der Waals surface area contributed by atoms with E-state index in [1.165, 1.54) is 9.80 Å². The maximum atomic E-state index is 13.9. The van der Waals surface area contributed by atoms with Crippen molar-refractivity contribution in [3.05, 3.63) is 133 Å². The molecule has 8 amide bonds. The fraction of sp³-hybridized carbons (Fsp3) is 0.429. The van der Waals surface area contributed by atoms with Crippen molar-refractivity contribution in [3.63, 3.8) is 0 Å². The molecule has 26 heteroatoms. The smallest absolute Gasteiger partial charge is 0.317 e. The average Bonchev–Trinajstić information content (AvgIpc) is 1.59. The van der Waals surface area contributed by atoms with Gasteiger partial charge in [0.2, 0.25) is 31.9 Å². The van der Waals surface area contributed by atoms with E-state index >= 15 is 0 Å². The van der Waals surface area contributed by atoms with Gasteiger partial charge in [-0.05, 0) is 101 Å². The summed E-state index contributed by atoms with van der Waals surface area (Å²) in [5.41, 5.74) is 1.65. The molecule has 6 atom stereocenters. The zero-order chi connectivity index (χ0) is 67.8. The molecule has 12 rings (SSSR count). The van der Waals surface area contributed by atoms with Crippen LogP contribution in [0, 0.1) is 11.8 Å². The van der Waals surface area contributed by atoms with Crippen LogP contribution in [0.15, 0.2) is 133 Å². The first-order chi connectivity index (χ1) is 46.2. The van der Waals surface area contributed by atoms with Crippen LogP contribution in [-0.2, 0) is 39.2 Å². The molecule has 24 nitrogen and oxygen atoms in total. The number of carbonyl (C=O) groups excluding carboxylic acids is 6. The minimum atomic E-state index is -3.83. The van der Waals surface area contributed by atoms with Gasteiger partial charge >= 0.3 is 12.1 Å². The van der Waals surface area contributed by atoms with Gasteiger partial charge < -0.3 is 50.0 Å². The summed E-state index contributed by atoms with van der Waals surface area (Å²) in [5.74, 6) is -1.07. The number of allylic oxidation sites excluding steroid dienone is 2. The lowest BCUT2D eigenvalue weighted by atomic mass is 10.1. The molecule has 6 aliphatic rings. The average molecular weight is 1350 g/mol. The summed E-state index contributed by atoms with van der Waals surface area (Å²) in [6.07, 6.45) is 15.0. The lowest BCUT2D eigenvalue weighted by Crippen LogP contribution is -2.58. The number of pyridine rings is 2. The van der Waals surface area contributed by atoms with Crippen molar-refractivity contribution in [1.82, 2.24) is 50.5 Å². The zero-order valence-corrected chi connectivity index (χ0v) is 55.8. The number of fused-ring (bicyclic) bond motifs is 4. The van der Waals surface area contributed by atoms with Crippen LogP contribution in [0.5, 0.6) is 23.0 Å². The largest absolute Gasteiger partial charge is 0.497 e. The second-order valence-electron chi connectivity index (χ2n) is 25.4. The Morgan fingerprint density at radius 2 is 0.948 bits per heavy atom. The van der Waals surface area contributed by atoms with E-state index < -0.39 is 89.4 Å². The van der Waals surface area contributed by atoms with E-state index in [4.69, 9.17) is 28.9 Å². The molecular weight excluding hydrogens is 1270 g/mol. The maximum absolute atomic E-state index is 13.9. The van der Waals surface area contributed by atoms with Crippen molar-refractivity contribution < 1.29 is 64.6 Å².